The summed E-state index contributed by atoms with van der Waals surface area (Å²) in [6.45, 7) is 3.86. The number of carbonyl (C=O) groups excluding carboxylic acids is 2. The molecule has 1 aliphatic heterocycles. The molecule has 5 heteroatoms. The first-order chi connectivity index (χ1) is 11.6. The highest BCUT2D eigenvalue weighted by Crippen LogP contribution is 2.24. The van der Waals surface area contributed by atoms with E-state index in [2.05, 4.69) is 10.3 Å². The molecule has 0 bridgehead atoms. The number of aromatic nitrogens is 1. The van der Waals surface area contributed by atoms with Crippen LogP contribution in [0.4, 0.5) is 0 Å². The Labute approximate surface area is 141 Å². The Kier molecular flexibility index (Phi) is 4.42. The molecule has 122 valence electrons. The molecule has 3 rings (SSSR count). The highest BCUT2D eigenvalue weighted by Gasteiger charge is 2.36. The largest absolute Gasteiger partial charge is 0.322 e. The van der Waals surface area contributed by atoms with E-state index in [4.69, 9.17) is 0 Å². The zero-order chi connectivity index (χ0) is 17.1. The van der Waals surface area contributed by atoms with Gasteiger partial charge in [-0.05, 0) is 23.6 Å². The van der Waals surface area contributed by atoms with Crippen LogP contribution in [0.3, 0.4) is 0 Å². The van der Waals surface area contributed by atoms with E-state index >= 15 is 0 Å². The zero-order valence-corrected chi connectivity index (χ0v) is 13.6. The van der Waals surface area contributed by atoms with E-state index in [0.717, 1.165) is 5.56 Å². The molecule has 0 saturated heterocycles. The first-order valence-electron chi connectivity index (χ1n) is 7.88. The van der Waals surface area contributed by atoms with Gasteiger partial charge in [0.2, 0.25) is 5.91 Å². The third-order valence-electron chi connectivity index (χ3n) is 3.97. The first kappa shape index (κ1) is 15.9. The Morgan fingerprint density at radius 2 is 1.79 bits per heavy atom. The Hall–Kier alpha value is -2.95. The smallest absolute Gasteiger partial charge is 0.258 e. The molecule has 0 spiro atoms. The lowest BCUT2D eigenvalue weighted by Crippen LogP contribution is -2.53. The van der Waals surface area contributed by atoms with Crippen molar-refractivity contribution in [2.75, 3.05) is 0 Å². The number of hydrogen-bond acceptors (Lipinski definition) is 3. The second-order valence-corrected chi connectivity index (χ2v) is 6.04. The van der Waals surface area contributed by atoms with Crippen LogP contribution in [0.25, 0.3) is 5.70 Å². The van der Waals surface area contributed by atoms with Gasteiger partial charge in [0.25, 0.3) is 5.91 Å². The lowest BCUT2D eigenvalue weighted by Gasteiger charge is -2.35. The molecule has 1 unspecified atom stereocenters. The van der Waals surface area contributed by atoms with Crippen LogP contribution in [0.5, 0.6) is 0 Å². The molecule has 2 aromatic rings. The Balaban J connectivity index is 2.03. The zero-order valence-electron chi connectivity index (χ0n) is 13.6. The number of carbonyl (C=O) groups is 2. The van der Waals surface area contributed by atoms with Crippen LogP contribution in [0, 0.1) is 5.92 Å². The summed E-state index contributed by atoms with van der Waals surface area (Å²) in [6, 6.07) is 12.3. The number of benzene rings is 1. The quantitative estimate of drug-likeness (QED) is 0.945. The number of hydrogen-bond donors (Lipinski definition) is 1. The number of rotatable bonds is 3. The highest BCUT2D eigenvalue weighted by atomic mass is 16.2. The van der Waals surface area contributed by atoms with Crippen molar-refractivity contribution >= 4 is 17.5 Å². The Morgan fingerprint density at radius 1 is 1.12 bits per heavy atom. The maximum atomic E-state index is 12.9. The van der Waals surface area contributed by atoms with Crippen LogP contribution in [0.2, 0.25) is 0 Å². The first-order valence-corrected chi connectivity index (χ1v) is 7.88. The fraction of sp³-hybridized carbons (Fsp3) is 0.211. The van der Waals surface area contributed by atoms with Gasteiger partial charge in [-0.3, -0.25) is 14.6 Å². The molecule has 1 aromatic heterocycles. The van der Waals surface area contributed by atoms with Crippen LogP contribution >= 0.6 is 0 Å². The van der Waals surface area contributed by atoms with E-state index in [1.54, 1.807) is 30.7 Å². The van der Waals surface area contributed by atoms with Gasteiger partial charge in [0, 0.05) is 24.2 Å². The van der Waals surface area contributed by atoms with E-state index in [1.165, 1.54) is 4.90 Å². The number of amides is 2. The highest BCUT2D eigenvalue weighted by molar-refractivity contribution is 6.02. The summed E-state index contributed by atoms with van der Waals surface area (Å²) in [7, 11) is 0. The average molecular weight is 321 g/mol. The SMILES string of the molecule is CC(C)C1C(=O)NC(c2ccccc2)=CN1C(=O)c1ccncc1. The molecular weight excluding hydrogens is 302 g/mol. The van der Waals surface area contributed by atoms with E-state index in [9.17, 15) is 9.59 Å². The summed E-state index contributed by atoms with van der Waals surface area (Å²) in [5, 5.41) is 2.92. The lowest BCUT2D eigenvalue weighted by atomic mass is 9.98. The van der Waals surface area contributed by atoms with Gasteiger partial charge < -0.3 is 10.2 Å². The molecule has 1 N–H and O–H groups in total. The molecule has 1 aliphatic rings. The molecule has 0 fully saturated rings. The van der Waals surface area contributed by atoms with Crippen LogP contribution in [-0.4, -0.2) is 27.7 Å². The standard InChI is InChI=1S/C19H19N3O2/c1-13(2)17-18(23)21-16(14-6-4-3-5-7-14)12-22(17)19(24)15-8-10-20-11-9-15/h3-13,17H,1-2H3,(H,21,23). The van der Waals surface area contributed by atoms with Crippen LogP contribution in [0.1, 0.15) is 29.8 Å². The molecule has 0 aliphatic carbocycles. The van der Waals surface area contributed by atoms with Crippen molar-refractivity contribution in [3.63, 3.8) is 0 Å². The summed E-state index contributed by atoms with van der Waals surface area (Å²) >= 11 is 0. The van der Waals surface area contributed by atoms with E-state index < -0.39 is 6.04 Å². The molecule has 0 saturated carbocycles. The van der Waals surface area contributed by atoms with Crippen molar-refractivity contribution in [1.82, 2.24) is 15.2 Å². The second-order valence-electron chi connectivity index (χ2n) is 6.04. The van der Waals surface area contributed by atoms with Gasteiger partial charge in [-0.25, -0.2) is 0 Å². The van der Waals surface area contributed by atoms with Gasteiger partial charge in [-0.2, -0.15) is 0 Å². The van der Waals surface area contributed by atoms with Gasteiger partial charge in [-0.1, -0.05) is 44.2 Å². The Morgan fingerprint density at radius 3 is 2.42 bits per heavy atom. The monoisotopic (exact) mass is 321 g/mol. The van der Waals surface area contributed by atoms with E-state index in [0.29, 0.717) is 11.3 Å². The van der Waals surface area contributed by atoms with Gasteiger partial charge in [0.1, 0.15) is 6.04 Å². The number of pyridine rings is 1. The maximum Gasteiger partial charge on any atom is 0.258 e. The summed E-state index contributed by atoms with van der Waals surface area (Å²) < 4.78 is 0. The molecule has 5 nitrogen and oxygen atoms in total. The van der Waals surface area contributed by atoms with Gasteiger partial charge in [0.15, 0.2) is 0 Å². The minimum absolute atomic E-state index is 0.00985. The van der Waals surface area contributed by atoms with Gasteiger partial charge in [0.05, 0.1) is 5.70 Å². The summed E-state index contributed by atoms with van der Waals surface area (Å²) in [5.74, 6) is -0.391. The second kappa shape index (κ2) is 6.66. The van der Waals surface area contributed by atoms with E-state index in [1.807, 2.05) is 44.2 Å². The molecule has 2 heterocycles. The fourth-order valence-corrected chi connectivity index (χ4v) is 2.80. The van der Waals surface area contributed by atoms with Gasteiger partial charge in [-0.15, -0.1) is 0 Å². The molecule has 2 amide bonds. The van der Waals surface area contributed by atoms with Crippen LogP contribution in [-0.2, 0) is 4.79 Å². The summed E-state index contributed by atoms with van der Waals surface area (Å²) in [6.07, 6.45) is 4.87. The molecule has 1 aromatic carbocycles. The third-order valence-corrected chi connectivity index (χ3v) is 3.97. The topological polar surface area (TPSA) is 62.3 Å². The minimum Gasteiger partial charge on any atom is -0.322 e. The number of nitrogens with one attached hydrogen (secondary N) is 1. The number of nitrogens with zero attached hydrogens (tertiary/aromatic N) is 2. The van der Waals surface area contributed by atoms with Crippen molar-refractivity contribution in [3.8, 4) is 0 Å². The van der Waals surface area contributed by atoms with Gasteiger partial charge >= 0.3 is 0 Å². The molecule has 0 radical (unpaired) electrons. The van der Waals surface area contributed by atoms with Crippen molar-refractivity contribution in [1.29, 1.82) is 0 Å². The normalized spacial score (nSPS) is 17.5. The fourth-order valence-electron chi connectivity index (χ4n) is 2.80. The molecular formula is C19H19N3O2. The molecule has 1 atom stereocenters. The van der Waals surface area contributed by atoms with Crippen LogP contribution < -0.4 is 5.32 Å². The third kappa shape index (κ3) is 3.06. The van der Waals surface area contributed by atoms with Crippen molar-refractivity contribution in [2.45, 2.75) is 19.9 Å². The predicted molar refractivity (Wildman–Crippen MR) is 91.6 cm³/mol. The Bertz CT molecular complexity index is 770. The van der Waals surface area contributed by atoms with Crippen molar-refractivity contribution in [2.24, 2.45) is 5.92 Å². The summed E-state index contributed by atoms with van der Waals surface area (Å²) in [4.78, 5) is 31.0. The maximum absolute atomic E-state index is 12.9. The predicted octanol–water partition coefficient (Wildman–Crippen LogP) is 2.68. The van der Waals surface area contributed by atoms with Crippen molar-refractivity contribution < 1.29 is 9.59 Å². The average Bonchev–Trinajstić information content (AvgIpc) is 2.61. The van der Waals surface area contributed by atoms with Crippen LogP contribution in [0.15, 0.2) is 61.1 Å². The van der Waals surface area contributed by atoms with Crippen molar-refractivity contribution in [3.05, 3.63) is 72.2 Å². The minimum atomic E-state index is -0.543. The molecule has 24 heavy (non-hydrogen) atoms. The lowest BCUT2D eigenvalue weighted by molar-refractivity contribution is -0.125. The van der Waals surface area contributed by atoms with E-state index in [-0.39, 0.29) is 17.7 Å². The summed E-state index contributed by atoms with van der Waals surface area (Å²) in [5.41, 5.74) is 1.99.